The van der Waals surface area contributed by atoms with Crippen molar-refractivity contribution in [3.05, 3.63) is 64.2 Å². The maximum Gasteiger partial charge on any atom is 0.337 e. The summed E-state index contributed by atoms with van der Waals surface area (Å²) in [6.45, 7) is 3.37. The van der Waals surface area contributed by atoms with E-state index in [2.05, 4.69) is 9.46 Å². The van der Waals surface area contributed by atoms with Crippen molar-refractivity contribution in [2.45, 2.75) is 24.8 Å². The van der Waals surface area contributed by atoms with Crippen molar-refractivity contribution in [3.63, 3.8) is 0 Å². The van der Waals surface area contributed by atoms with Crippen LogP contribution in [0.15, 0.2) is 47.4 Å². The number of methoxy groups -OCH3 is 1. The van der Waals surface area contributed by atoms with E-state index in [0.29, 0.717) is 16.1 Å². The van der Waals surface area contributed by atoms with Crippen LogP contribution in [0, 0.1) is 6.92 Å². The first kappa shape index (κ1) is 18.4. The summed E-state index contributed by atoms with van der Waals surface area (Å²) in [4.78, 5) is 11.6. The summed E-state index contributed by atoms with van der Waals surface area (Å²) < 4.78 is 32.5. The quantitative estimate of drug-likeness (QED) is 0.821. The molecule has 128 valence electrons. The van der Waals surface area contributed by atoms with Gasteiger partial charge in [0, 0.05) is 11.1 Å². The Morgan fingerprint density at radius 3 is 2.50 bits per heavy atom. The van der Waals surface area contributed by atoms with Crippen LogP contribution >= 0.6 is 11.6 Å². The van der Waals surface area contributed by atoms with Gasteiger partial charge in [0.15, 0.2) is 0 Å². The van der Waals surface area contributed by atoms with Crippen molar-refractivity contribution < 1.29 is 17.9 Å². The maximum atomic E-state index is 12.6. The molecule has 1 unspecified atom stereocenters. The van der Waals surface area contributed by atoms with Gasteiger partial charge in [0.05, 0.1) is 17.6 Å². The number of rotatable bonds is 5. The molecule has 0 aliphatic heterocycles. The lowest BCUT2D eigenvalue weighted by Crippen LogP contribution is -2.27. The van der Waals surface area contributed by atoms with Crippen LogP contribution in [0.25, 0.3) is 0 Å². The normalized spacial score (nSPS) is 12.7. The van der Waals surface area contributed by atoms with Crippen LogP contribution in [-0.2, 0) is 14.8 Å². The van der Waals surface area contributed by atoms with Gasteiger partial charge in [-0.1, -0.05) is 23.7 Å². The van der Waals surface area contributed by atoms with E-state index in [1.807, 2.05) is 0 Å². The molecule has 5 nitrogen and oxygen atoms in total. The molecule has 0 spiro atoms. The zero-order chi connectivity index (χ0) is 17.9. The first-order chi connectivity index (χ1) is 11.2. The number of hydrogen-bond donors (Lipinski definition) is 1. The third kappa shape index (κ3) is 4.14. The van der Waals surface area contributed by atoms with Gasteiger partial charge in [0.2, 0.25) is 10.0 Å². The van der Waals surface area contributed by atoms with Crippen molar-refractivity contribution in [2.24, 2.45) is 0 Å². The Morgan fingerprint density at radius 2 is 1.92 bits per heavy atom. The molecule has 0 aromatic heterocycles. The molecule has 7 heteroatoms. The predicted octanol–water partition coefficient (Wildman–Crippen LogP) is 3.47. The number of carbonyl (C=O) groups excluding carboxylic acids is 1. The molecule has 2 aromatic carbocycles. The van der Waals surface area contributed by atoms with Crippen LogP contribution in [0.3, 0.4) is 0 Å². The lowest BCUT2D eigenvalue weighted by molar-refractivity contribution is 0.0600. The fourth-order valence-corrected chi connectivity index (χ4v) is 3.99. The molecule has 0 bridgehead atoms. The molecule has 1 N–H and O–H groups in total. The summed E-state index contributed by atoms with van der Waals surface area (Å²) in [5.74, 6) is -0.512. The van der Waals surface area contributed by atoms with Gasteiger partial charge >= 0.3 is 5.97 Å². The smallest absolute Gasteiger partial charge is 0.337 e. The standard InChI is InChI=1S/C17H18ClNO4S/c1-11-9-14(17(20)23-3)7-8-16(11)24(21,22)19-12(2)13-5-4-6-15(18)10-13/h4-10,12,19H,1-3H3. The van der Waals surface area contributed by atoms with E-state index >= 15 is 0 Å². The zero-order valence-electron chi connectivity index (χ0n) is 13.5. The van der Waals surface area contributed by atoms with Gasteiger partial charge in [-0.2, -0.15) is 0 Å². The Bertz CT molecular complexity index is 865. The van der Waals surface area contributed by atoms with E-state index in [0.717, 1.165) is 5.56 Å². The summed E-state index contributed by atoms with van der Waals surface area (Å²) in [6, 6.07) is 10.9. The van der Waals surface area contributed by atoms with Gasteiger partial charge in [0.25, 0.3) is 0 Å². The molecule has 24 heavy (non-hydrogen) atoms. The minimum Gasteiger partial charge on any atom is -0.465 e. The number of nitrogens with one attached hydrogen (secondary N) is 1. The molecule has 0 saturated carbocycles. The molecule has 2 aromatic rings. The molecular weight excluding hydrogens is 350 g/mol. The van der Waals surface area contributed by atoms with Crippen LogP contribution in [0.4, 0.5) is 0 Å². The monoisotopic (exact) mass is 367 g/mol. The van der Waals surface area contributed by atoms with Crippen LogP contribution in [0.2, 0.25) is 5.02 Å². The summed E-state index contributed by atoms with van der Waals surface area (Å²) in [6.07, 6.45) is 0. The van der Waals surface area contributed by atoms with Gasteiger partial charge in [-0.15, -0.1) is 0 Å². The van der Waals surface area contributed by atoms with E-state index < -0.39 is 22.0 Å². The van der Waals surface area contributed by atoms with Crippen molar-refractivity contribution >= 4 is 27.6 Å². The Hall–Kier alpha value is -1.89. The molecule has 0 amide bonds. The Morgan fingerprint density at radius 1 is 1.21 bits per heavy atom. The molecule has 1 atom stereocenters. The highest BCUT2D eigenvalue weighted by Gasteiger charge is 2.21. The minimum absolute atomic E-state index is 0.115. The number of esters is 1. The number of hydrogen-bond acceptors (Lipinski definition) is 4. The first-order valence-electron chi connectivity index (χ1n) is 7.21. The second kappa shape index (κ2) is 7.34. The number of aryl methyl sites for hydroxylation is 1. The second-order valence-electron chi connectivity index (χ2n) is 5.37. The van der Waals surface area contributed by atoms with E-state index in [1.54, 1.807) is 38.1 Å². The van der Waals surface area contributed by atoms with Crippen molar-refractivity contribution in [1.29, 1.82) is 0 Å². The SMILES string of the molecule is COC(=O)c1ccc(S(=O)(=O)NC(C)c2cccc(Cl)c2)c(C)c1. The fourth-order valence-electron chi connectivity index (χ4n) is 2.34. The van der Waals surface area contributed by atoms with Gasteiger partial charge in [-0.05, 0) is 55.3 Å². The first-order valence-corrected chi connectivity index (χ1v) is 9.07. The topological polar surface area (TPSA) is 72.5 Å². The Balaban J connectivity index is 2.29. The number of ether oxygens (including phenoxy) is 1. The highest BCUT2D eigenvalue weighted by atomic mass is 35.5. The lowest BCUT2D eigenvalue weighted by Gasteiger charge is -2.16. The zero-order valence-corrected chi connectivity index (χ0v) is 15.1. The number of benzene rings is 2. The van der Waals surface area contributed by atoms with Crippen LogP contribution in [0.5, 0.6) is 0 Å². The van der Waals surface area contributed by atoms with Crippen molar-refractivity contribution in [1.82, 2.24) is 4.72 Å². The molecule has 0 aliphatic rings. The third-order valence-corrected chi connectivity index (χ3v) is 5.50. The third-order valence-electron chi connectivity index (χ3n) is 3.57. The van der Waals surface area contributed by atoms with Gasteiger partial charge in [-0.3, -0.25) is 0 Å². The average molecular weight is 368 g/mol. The second-order valence-corrected chi connectivity index (χ2v) is 7.49. The highest BCUT2D eigenvalue weighted by molar-refractivity contribution is 7.89. The lowest BCUT2D eigenvalue weighted by atomic mass is 10.1. The molecular formula is C17H18ClNO4S. The largest absolute Gasteiger partial charge is 0.465 e. The summed E-state index contributed by atoms with van der Waals surface area (Å²) in [7, 11) is -2.47. The molecule has 0 saturated heterocycles. The highest BCUT2D eigenvalue weighted by Crippen LogP contribution is 2.22. The van der Waals surface area contributed by atoms with Crippen molar-refractivity contribution in [3.8, 4) is 0 Å². The minimum atomic E-state index is -3.75. The molecule has 0 fully saturated rings. The summed E-state index contributed by atoms with van der Waals surface area (Å²) in [5.41, 5.74) is 1.52. The van der Waals surface area contributed by atoms with Gasteiger partial charge in [-0.25, -0.2) is 17.9 Å². The number of halogens is 1. The molecule has 0 radical (unpaired) electrons. The summed E-state index contributed by atoms with van der Waals surface area (Å²) >= 11 is 5.94. The molecule has 0 aliphatic carbocycles. The van der Waals surface area contributed by atoms with Crippen LogP contribution in [0.1, 0.15) is 34.5 Å². The molecule has 2 rings (SSSR count). The number of sulfonamides is 1. The Labute approximate surface area is 146 Å². The number of carbonyl (C=O) groups is 1. The maximum absolute atomic E-state index is 12.6. The van der Waals surface area contributed by atoms with Crippen molar-refractivity contribution in [2.75, 3.05) is 7.11 Å². The van der Waals surface area contributed by atoms with Gasteiger partial charge in [0.1, 0.15) is 0 Å². The van der Waals surface area contributed by atoms with Gasteiger partial charge < -0.3 is 4.74 Å². The van der Waals surface area contributed by atoms with E-state index in [1.165, 1.54) is 25.3 Å². The average Bonchev–Trinajstić information content (AvgIpc) is 2.53. The van der Waals surface area contributed by atoms with E-state index in [9.17, 15) is 13.2 Å². The van der Waals surface area contributed by atoms with E-state index in [-0.39, 0.29) is 4.90 Å². The fraction of sp³-hybridized carbons (Fsp3) is 0.235. The van der Waals surface area contributed by atoms with Crippen LogP contribution in [-0.4, -0.2) is 21.5 Å². The van der Waals surface area contributed by atoms with E-state index in [4.69, 9.17) is 11.6 Å². The Kier molecular flexibility index (Phi) is 5.64. The van der Waals surface area contributed by atoms with Crippen LogP contribution < -0.4 is 4.72 Å². The predicted molar refractivity (Wildman–Crippen MR) is 92.7 cm³/mol. The molecule has 0 heterocycles. The summed E-state index contributed by atoms with van der Waals surface area (Å²) in [5, 5.41) is 0.539.